The Morgan fingerprint density at radius 1 is 1.19 bits per heavy atom. The lowest BCUT2D eigenvalue weighted by Crippen LogP contribution is -2.52. The summed E-state index contributed by atoms with van der Waals surface area (Å²) in [7, 11) is 0. The van der Waals surface area contributed by atoms with E-state index in [4.69, 9.17) is 16.6 Å². The molecule has 1 atom stereocenters. The number of hydrogen-bond donors (Lipinski definition) is 1. The van der Waals surface area contributed by atoms with E-state index >= 15 is 0 Å². The maximum atomic E-state index is 13.8. The average molecular weight is 526 g/mol. The molecular weight excluding hydrogens is 493 g/mol. The molecule has 2 aliphatic rings. The van der Waals surface area contributed by atoms with Crippen molar-refractivity contribution in [2.75, 3.05) is 31.1 Å². The fraction of sp³-hybridized carbons (Fsp3) is 0.464. The van der Waals surface area contributed by atoms with Gasteiger partial charge in [-0.3, -0.25) is 19.1 Å². The number of amides is 1. The van der Waals surface area contributed by atoms with Crippen molar-refractivity contribution in [3.63, 3.8) is 0 Å². The van der Waals surface area contributed by atoms with Gasteiger partial charge >= 0.3 is 0 Å². The summed E-state index contributed by atoms with van der Waals surface area (Å²) in [6, 6.07) is 10.3. The Balaban J connectivity index is 1.52. The predicted octanol–water partition coefficient (Wildman–Crippen LogP) is 4.30. The summed E-state index contributed by atoms with van der Waals surface area (Å²) in [5, 5.41) is 3.20. The van der Waals surface area contributed by atoms with Gasteiger partial charge in [-0.2, -0.15) is 0 Å². The third kappa shape index (κ3) is 5.65. The molecule has 2 fully saturated rings. The van der Waals surface area contributed by atoms with E-state index in [1.807, 2.05) is 32.0 Å². The number of piperazine rings is 1. The Labute approximate surface area is 221 Å². The lowest BCUT2D eigenvalue weighted by atomic mass is 10.1. The molecule has 2 heterocycles. The highest BCUT2D eigenvalue weighted by atomic mass is 35.5. The van der Waals surface area contributed by atoms with Gasteiger partial charge in [0.25, 0.3) is 5.56 Å². The molecule has 0 bridgehead atoms. The smallest absolute Gasteiger partial charge is 0.262 e. The number of carbonyl (C=O) groups excluding carboxylic acids is 1. The molecule has 3 aromatic rings. The lowest BCUT2D eigenvalue weighted by Gasteiger charge is -2.41. The number of hydrogen-bond acceptors (Lipinski definition) is 5. The number of halogens is 2. The van der Waals surface area contributed by atoms with Crippen molar-refractivity contribution in [1.29, 1.82) is 0 Å². The summed E-state index contributed by atoms with van der Waals surface area (Å²) in [5.41, 5.74) is 1.64. The van der Waals surface area contributed by atoms with Crippen molar-refractivity contribution in [3.05, 3.63) is 57.6 Å². The van der Waals surface area contributed by atoms with E-state index in [2.05, 4.69) is 22.0 Å². The van der Waals surface area contributed by atoms with E-state index < -0.39 is 5.82 Å². The van der Waals surface area contributed by atoms with Gasteiger partial charge in [0.2, 0.25) is 5.91 Å². The Kier molecular flexibility index (Phi) is 7.23. The highest BCUT2D eigenvalue weighted by molar-refractivity contribution is 6.31. The normalized spacial score (nSPS) is 18.5. The van der Waals surface area contributed by atoms with Gasteiger partial charge in [-0.25, -0.2) is 9.37 Å². The number of anilines is 1. The Hall–Kier alpha value is -2.97. The highest BCUT2D eigenvalue weighted by Crippen LogP contribution is 2.32. The first-order valence-corrected chi connectivity index (χ1v) is 13.4. The third-order valence-electron chi connectivity index (χ3n) is 7.19. The van der Waals surface area contributed by atoms with E-state index in [1.54, 1.807) is 0 Å². The molecule has 2 aromatic carbocycles. The minimum absolute atomic E-state index is 0.0738. The van der Waals surface area contributed by atoms with E-state index in [0.29, 0.717) is 22.5 Å². The number of nitrogens with one attached hydrogen (secondary N) is 1. The zero-order chi connectivity index (χ0) is 26.3. The van der Waals surface area contributed by atoms with Gasteiger partial charge in [0, 0.05) is 49.5 Å². The first-order chi connectivity index (χ1) is 17.7. The minimum Gasteiger partial charge on any atom is -0.369 e. The molecule has 1 aliphatic carbocycles. The summed E-state index contributed by atoms with van der Waals surface area (Å²) < 4.78 is 15.2. The van der Waals surface area contributed by atoms with Crippen LogP contribution in [-0.4, -0.2) is 58.6 Å². The maximum Gasteiger partial charge on any atom is 0.262 e. The largest absolute Gasteiger partial charge is 0.369 e. The lowest BCUT2D eigenvalue weighted by molar-refractivity contribution is -0.122. The second kappa shape index (κ2) is 10.4. The van der Waals surface area contributed by atoms with Crippen molar-refractivity contribution in [2.24, 2.45) is 5.92 Å². The van der Waals surface area contributed by atoms with Crippen molar-refractivity contribution in [2.45, 2.75) is 52.2 Å². The third-order valence-corrected chi connectivity index (χ3v) is 7.48. The molecule has 7 nitrogen and oxygen atoms in total. The molecule has 1 amide bonds. The van der Waals surface area contributed by atoms with Crippen LogP contribution in [0.25, 0.3) is 22.3 Å². The molecule has 1 aromatic heterocycles. The molecule has 0 radical (unpaired) electrons. The Morgan fingerprint density at radius 3 is 2.65 bits per heavy atom. The molecule has 1 N–H and O–H groups in total. The Morgan fingerprint density at radius 2 is 1.97 bits per heavy atom. The quantitative estimate of drug-likeness (QED) is 0.498. The van der Waals surface area contributed by atoms with Crippen molar-refractivity contribution < 1.29 is 9.18 Å². The number of nitrogens with zero attached hydrogens (tertiary/aromatic N) is 4. The number of aromatic nitrogens is 2. The van der Waals surface area contributed by atoms with Crippen LogP contribution in [0.1, 0.15) is 33.6 Å². The van der Waals surface area contributed by atoms with Crippen molar-refractivity contribution in [3.8, 4) is 11.4 Å². The number of fused-ring (bicyclic) bond motifs is 1. The standard InChI is InChI=1S/C28H33ClFN5O2/c1-17(2)31-26(36)16-35-27(20-6-8-24(30)23(29)12-20)32-25-9-7-21(13-22(25)28(35)37)34-11-10-33(18(3)14-34)15-19-4-5-19/h6-9,12-13,17-19H,4-5,10-11,14-16H2,1-3H3,(H,31,36)/t18-/m1/s1. The fourth-order valence-electron chi connectivity index (χ4n) is 5.05. The average Bonchev–Trinajstić information content (AvgIpc) is 3.67. The second-order valence-corrected chi connectivity index (χ2v) is 11.0. The Bertz CT molecular complexity index is 1390. The zero-order valence-electron chi connectivity index (χ0n) is 21.5. The molecular formula is C28H33ClFN5O2. The molecule has 196 valence electrons. The molecule has 9 heteroatoms. The number of carbonyl (C=O) groups is 1. The van der Waals surface area contributed by atoms with Gasteiger partial charge in [-0.1, -0.05) is 11.6 Å². The monoisotopic (exact) mass is 525 g/mol. The van der Waals surface area contributed by atoms with Gasteiger partial charge < -0.3 is 10.2 Å². The first kappa shape index (κ1) is 25.7. The van der Waals surface area contributed by atoms with Crippen LogP contribution in [0.15, 0.2) is 41.2 Å². The minimum atomic E-state index is -0.561. The van der Waals surface area contributed by atoms with Crippen LogP contribution in [0.2, 0.25) is 5.02 Å². The molecule has 37 heavy (non-hydrogen) atoms. The molecule has 1 aliphatic heterocycles. The van der Waals surface area contributed by atoms with Gasteiger partial charge in [-0.05, 0) is 75.9 Å². The van der Waals surface area contributed by atoms with Crippen molar-refractivity contribution in [1.82, 2.24) is 19.8 Å². The summed E-state index contributed by atoms with van der Waals surface area (Å²) in [4.78, 5) is 36.1. The molecule has 0 spiro atoms. The maximum absolute atomic E-state index is 13.8. The SMILES string of the molecule is CC(C)NC(=O)Cn1c(-c2ccc(F)c(Cl)c2)nc2ccc(N3CCN(CC4CC4)[C@H](C)C3)cc2c1=O. The summed E-state index contributed by atoms with van der Waals surface area (Å²) >= 11 is 6.03. The summed E-state index contributed by atoms with van der Waals surface area (Å²) in [6.07, 6.45) is 2.69. The summed E-state index contributed by atoms with van der Waals surface area (Å²) in [5.74, 6) is 0.267. The van der Waals surface area contributed by atoms with Crippen LogP contribution in [0.3, 0.4) is 0 Å². The van der Waals surface area contributed by atoms with Crippen LogP contribution in [0.4, 0.5) is 10.1 Å². The number of benzene rings is 2. The van der Waals surface area contributed by atoms with Crippen LogP contribution in [0.5, 0.6) is 0 Å². The molecule has 5 rings (SSSR count). The molecule has 1 saturated carbocycles. The molecule has 1 saturated heterocycles. The van der Waals surface area contributed by atoms with Crippen molar-refractivity contribution >= 4 is 34.1 Å². The van der Waals surface area contributed by atoms with Gasteiger partial charge in [0.1, 0.15) is 18.2 Å². The number of rotatable bonds is 7. The van der Waals surface area contributed by atoms with Crippen LogP contribution in [-0.2, 0) is 11.3 Å². The second-order valence-electron chi connectivity index (χ2n) is 10.6. The van der Waals surface area contributed by atoms with E-state index in [0.717, 1.165) is 31.2 Å². The van der Waals surface area contributed by atoms with E-state index in [-0.39, 0.29) is 34.9 Å². The first-order valence-electron chi connectivity index (χ1n) is 13.0. The molecule has 0 unspecified atom stereocenters. The predicted molar refractivity (Wildman–Crippen MR) is 146 cm³/mol. The zero-order valence-corrected chi connectivity index (χ0v) is 22.3. The van der Waals surface area contributed by atoms with Crippen LogP contribution in [0, 0.1) is 11.7 Å². The topological polar surface area (TPSA) is 70.5 Å². The van der Waals surface area contributed by atoms with Gasteiger partial charge in [-0.15, -0.1) is 0 Å². The highest BCUT2D eigenvalue weighted by Gasteiger charge is 2.30. The van der Waals surface area contributed by atoms with Crippen LogP contribution >= 0.6 is 11.6 Å². The van der Waals surface area contributed by atoms with E-state index in [9.17, 15) is 14.0 Å². The van der Waals surface area contributed by atoms with E-state index in [1.165, 1.54) is 42.2 Å². The van der Waals surface area contributed by atoms with Crippen LogP contribution < -0.4 is 15.8 Å². The van der Waals surface area contributed by atoms with Gasteiger partial charge in [0.15, 0.2) is 0 Å². The summed E-state index contributed by atoms with van der Waals surface area (Å²) in [6.45, 7) is 9.74. The fourth-order valence-corrected chi connectivity index (χ4v) is 5.23. The van der Waals surface area contributed by atoms with Gasteiger partial charge in [0.05, 0.1) is 15.9 Å².